The van der Waals surface area contributed by atoms with Crippen LogP contribution >= 0.6 is 11.8 Å². The lowest BCUT2D eigenvalue weighted by molar-refractivity contribution is 0.766. The molecule has 1 fully saturated rings. The molecule has 7 nitrogen and oxygen atoms in total. The molecule has 0 radical (unpaired) electrons. The van der Waals surface area contributed by atoms with Gasteiger partial charge in [0.2, 0.25) is 11.9 Å². The van der Waals surface area contributed by atoms with Crippen molar-refractivity contribution in [2.24, 2.45) is 7.05 Å². The Bertz CT molecular complexity index is 576. The normalized spacial score (nSPS) is 15.1. The summed E-state index contributed by atoms with van der Waals surface area (Å²) in [5.74, 6) is 0.944. The van der Waals surface area contributed by atoms with Gasteiger partial charge in [-0.1, -0.05) is 0 Å². The fraction of sp³-hybridized carbons (Fsp3) is 0.455. The van der Waals surface area contributed by atoms with E-state index in [2.05, 4.69) is 25.0 Å². The van der Waals surface area contributed by atoms with E-state index in [1.54, 1.807) is 10.9 Å². The molecular formula is C11H15N7S. The molecule has 1 aliphatic heterocycles. The van der Waals surface area contributed by atoms with Crippen LogP contribution in [0.15, 0.2) is 22.4 Å². The van der Waals surface area contributed by atoms with E-state index in [-0.39, 0.29) is 5.95 Å². The van der Waals surface area contributed by atoms with Crippen molar-refractivity contribution in [3.05, 3.63) is 12.4 Å². The minimum Gasteiger partial charge on any atom is -0.368 e. The summed E-state index contributed by atoms with van der Waals surface area (Å²) in [6, 6.07) is 0. The van der Waals surface area contributed by atoms with Crippen LogP contribution in [0, 0.1) is 0 Å². The fourth-order valence-corrected chi connectivity index (χ4v) is 2.80. The van der Waals surface area contributed by atoms with E-state index in [0.29, 0.717) is 11.1 Å². The molecule has 0 atom stereocenters. The highest BCUT2D eigenvalue weighted by Gasteiger charge is 2.17. The van der Waals surface area contributed by atoms with Crippen molar-refractivity contribution in [1.29, 1.82) is 0 Å². The lowest BCUT2D eigenvalue weighted by Gasteiger charge is -2.15. The first kappa shape index (κ1) is 12.2. The highest BCUT2D eigenvalue weighted by molar-refractivity contribution is 7.99. The molecule has 0 aliphatic carbocycles. The number of nitrogen functional groups attached to an aromatic ring is 1. The van der Waals surface area contributed by atoms with Crippen LogP contribution in [0.3, 0.4) is 0 Å². The quantitative estimate of drug-likeness (QED) is 0.893. The first-order valence-corrected chi connectivity index (χ1v) is 6.95. The summed E-state index contributed by atoms with van der Waals surface area (Å²) in [6.45, 7) is 1.97. The van der Waals surface area contributed by atoms with Crippen molar-refractivity contribution in [3.8, 4) is 0 Å². The summed E-state index contributed by atoms with van der Waals surface area (Å²) in [5.41, 5.74) is 5.76. The molecule has 2 aromatic rings. The average molecular weight is 277 g/mol. The van der Waals surface area contributed by atoms with Gasteiger partial charge in [0.05, 0.1) is 11.1 Å². The van der Waals surface area contributed by atoms with Gasteiger partial charge in [0.1, 0.15) is 0 Å². The van der Waals surface area contributed by atoms with Gasteiger partial charge in [0.15, 0.2) is 5.16 Å². The second-order valence-electron chi connectivity index (χ2n) is 4.42. The summed E-state index contributed by atoms with van der Waals surface area (Å²) >= 11 is 1.44. The van der Waals surface area contributed by atoms with Gasteiger partial charge in [-0.05, 0) is 24.6 Å². The standard InChI is InChI=1S/C11H15N7S/c1-17-7-8(6-13-17)19-11-15-9(12)14-10(16-11)18-4-2-3-5-18/h6-7H,2-5H2,1H3,(H2,12,14,15,16). The van der Waals surface area contributed by atoms with Crippen molar-refractivity contribution in [1.82, 2.24) is 24.7 Å². The Labute approximate surface area is 115 Å². The molecule has 100 valence electrons. The van der Waals surface area contributed by atoms with Gasteiger partial charge >= 0.3 is 0 Å². The number of aryl methyl sites for hydroxylation is 1. The molecule has 1 aliphatic rings. The third-order valence-corrected chi connectivity index (χ3v) is 3.71. The van der Waals surface area contributed by atoms with Crippen molar-refractivity contribution in [2.45, 2.75) is 22.9 Å². The second-order valence-corrected chi connectivity index (χ2v) is 5.46. The van der Waals surface area contributed by atoms with Crippen LogP contribution in [0.5, 0.6) is 0 Å². The second kappa shape index (κ2) is 5.04. The number of anilines is 2. The molecule has 0 aromatic carbocycles. The van der Waals surface area contributed by atoms with Gasteiger partial charge in [-0.25, -0.2) is 0 Å². The maximum Gasteiger partial charge on any atom is 0.231 e. The van der Waals surface area contributed by atoms with Crippen LogP contribution in [0.2, 0.25) is 0 Å². The van der Waals surface area contributed by atoms with Crippen LogP contribution < -0.4 is 10.6 Å². The van der Waals surface area contributed by atoms with Crippen LogP contribution in [0.25, 0.3) is 0 Å². The maximum atomic E-state index is 5.76. The molecule has 3 rings (SSSR count). The zero-order chi connectivity index (χ0) is 13.2. The summed E-state index contributed by atoms with van der Waals surface area (Å²) in [5, 5.41) is 4.73. The molecule has 2 aromatic heterocycles. The number of hydrogen-bond donors (Lipinski definition) is 1. The minimum atomic E-state index is 0.267. The fourth-order valence-electron chi connectivity index (χ4n) is 2.02. The molecule has 8 heteroatoms. The molecule has 3 heterocycles. The number of aromatic nitrogens is 5. The van der Waals surface area contributed by atoms with Crippen molar-refractivity contribution in [3.63, 3.8) is 0 Å². The highest BCUT2D eigenvalue weighted by Crippen LogP contribution is 2.26. The SMILES string of the molecule is Cn1cc(Sc2nc(N)nc(N3CCCC3)n2)cn1. The Morgan fingerprint density at radius 3 is 2.68 bits per heavy atom. The molecule has 19 heavy (non-hydrogen) atoms. The Morgan fingerprint density at radius 2 is 2.00 bits per heavy atom. The summed E-state index contributed by atoms with van der Waals surface area (Å²) < 4.78 is 1.74. The topological polar surface area (TPSA) is 85.8 Å². The Kier molecular flexibility index (Phi) is 3.24. The molecule has 0 amide bonds. The van der Waals surface area contributed by atoms with E-state index in [4.69, 9.17) is 5.73 Å². The van der Waals surface area contributed by atoms with Gasteiger partial charge in [-0.15, -0.1) is 0 Å². The predicted octanol–water partition coefficient (Wildman–Crippen LogP) is 0.939. The maximum absolute atomic E-state index is 5.76. The van der Waals surface area contributed by atoms with Crippen molar-refractivity contribution >= 4 is 23.7 Å². The van der Waals surface area contributed by atoms with E-state index >= 15 is 0 Å². The van der Waals surface area contributed by atoms with Gasteiger partial charge in [0.25, 0.3) is 0 Å². The zero-order valence-electron chi connectivity index (χ0n) is 10.7. The van der Waals surface area contributed by atoms with Gasteiger partial charge < -0.3 is 10.6 Å². The Balaban J connectivity index is 1.84. The van der Waals surface area contributed by atoms with E-state index in [9.17, 15) is 0 Å². The third kappa shape index (κ3) is 2.78. The van der Waals surface area contributed by atoms with Crippen LogP contribution in [0.4, 0.5) is 11.9 Å². The molecule has 0 saturated carbocycles. The first-order chi connectivity index (χ1) is 9.20. The van der Waals surface area contributed by atoms with E-state index < -0.39 is 0 Å². The molecule has 1 saturated heterocycles. The molecule has 0 spiro atoms. The molecule has 0 unspecified atom stereocenters. The first-order valence-electron chi connectivity index (χ1n) is 6.14. The summed E-state index contributed by atoms with van der Waals surface area (Å²) in [6.07, 6.45) is 6.05. The van der Waals surface area contributed by atoms with E-state index in [0.717, 1.165) is 18.0 Å². The molecule has 0 bridgehead atoms. The Hall–Kier alpha value is -1.83. The molecule has 2 N–H and O–H groups in total. The average Bonchev–Trinajstić information content (AvgIpc) is 3.00. The smallest absolute Gasteiger partial charge is 0.231 e. The number of nitrogens with zero attached hydrogens (tertiary/aromatic N) is 6. The van der Waals surface area contributed by atoms with Crippen molar-refractivity contribution in [2.75, 3.05) is 23.7 Å². The van der Waals surface area contributed by atoms with E-state index in [1.165, 1.54) is 24.6 Å². The number of rotatable bonds is 3. The van der Waals surface area contributed by atoms with Crippen LogP contribution in [0.1, 0.15) is 12.8 Å². The summed E-state index contributed by atoms with van der Waals surface area (Å²) in [4.78, 5) is 16.0. The minimum absolute atomic E-state index is 0.267. The monoisotopic (exact) mass is 277 g/mol. The lowest BCUT2D eigenvalue weighted by Crippen LogP contribution is -2.21. The Morgan fingerprint density at radius 1 is 1.21 bits per heavy atom. The van der Waals surface area contributed by atoms with Gasteiger partial charge in [-0.2, -0.15) is 20.1 Å². The molecular weight excluding hydrogens is 262 g/mol. The number of nitrogens with two attached hydrogens (primary N) is 1. The van der Waals surface area contributed by atoms with Crippen molar-refractivity contribution < 1.29 is 0 Å². The largest absolute Gasteiger partial charge is 0.368 e. The number of hydrogen-bond acceptors (Lipinski definition) is 7. The van der Waals surface area contributed by atoms with Gasteiger partial charge in [-0.3, -0.25) is 4.68 Å². The highest BCUT2D eigenvalue weighted by atomic mass is 32.2. The third-order valence-electron chi connectivity index (χ3n) is 2.90. The van der Waals surface area contributed by atoms with Gasteiger partial charge in [0, 0.05) is 26.3 Å². The van der Waals surface area contributed by atoms with E-state index in [1.807, 2.05) is 13.2 Å². The van der Waals surface area contributed by atoms with Crippen LogP contribution in [-0.4, -0.2) is 37.8 Å². The predicted molar refractivity (Wildman–Crippen MR) is 73.0 cm³/mol. The summed E-state index contributed by atoms with van der Waals surface area (Å²) in [7, 11) is 1.88. The lowest BCUT2D eigenvalue weighted by atomic mass is 10.4. The van der Waals surface area contributed by atoms with Crippen LogP contribution in [-0.2, 0) is 7.05 Å². The zero-order valence-corrected chi connectivity index (χ0v) is 11.5.